The summed E-state index contributed by atoms with van der Waals surface area (Å²) in [5, 5.41) is 10.5. The highest BCUT2D eigenvalue weighted by atomic mass is 32.1. The molecule has 2 heterocycles. The zero-order chi connectivity index (χ0) is 27.5. The molecule has 0 unspecified atom stereocenters. The lowest BCUT2D eigenvalue weighted by atomic mass is 9.93. The van der Waals surface area contributed by atoms with E-state index < -0.39 is 29.9 Å². The molecule has 8 nitrogen and oxygen atoms in total. The lowest BCUT2D eigenvalue weighted by molar-refractivity contribution is -0.143. The summed E-state index contributed by atoms with van der Waals surface area (Å²) in [6.07, 6.45) is 0.0452. The lowest BCUT2D eigenvalue weighted by Gasteiger charge is -2.30. The van der Waals surface area contributed by atoms with E-state index in [0.29, 0.717) is 27.0 Å². The minimum absolute atomic E-state index is 0.0452. The number of carboxylic acid groups (broad SMARTS) is 1. The molecule has 1 aromatic heterocycles. The van der Waals surface area contributed by atoms with Crippen molar-refractivity contribution in [1.82, 2.24) is 4.98 Å². The van der Waals surface area contributed by atoms with E-state index in [-0.39, 0.29) is 12.2 Å². The number of ether oxygens (including phenoxy) is 2. The van der Waals surface area contributed by atoms with E-state index in [1.54, 1.807) is 36.3 Å². The molecule has 5 rings (SSSR count). The molecule has 3 aromatic carbocycles. The Morgan fingerprint density at radius 2 is 1.56 bits per heavy atom. The molecule has 39 heavy (non-hydrogen) atoms. The Morgan fingerprint density at radius 3 is 2.15 bits per heavy atom. The first-order valence-electron chi connectivity index (χ1n) is 12.3. The van der Waals surface area contributed by atoms with E-state index in [0.717, 1.165) is 22.5 Å². The molecule has 0 aliphatic carbocycles. The van der Waals surface area contributed by atoms with Gasteiger partial charge in [-0.1, -0.05) is 72.0 Å². The van der Waals surface area contributed by atoms with Gasteiger partial charge in [0.1, 0.15) is 16.7 Å². The number of carbonyl (C=O) groups is 3. The van der Waals surface area contributed by atoms with Crippen molar-refractivity contribution in [3.8, 4) is 17.0 Å². The molecule has 0 bridgehead atoms. The van der Waals surface area contributed by atoms with Gasteiger partial charge in [-0.05, 0) is 36.2 Å². The Hall–Kier alpha value is -4.50. The number of esters is 1. The van der Waals surface area contributed by atoms with Gasteiger partial charge in [-0.25, -0.2) is 9.78 Å². The van der Waals surface area contributed by atoms with Crippen molar-refractivity contribution in [2.45, 2.75) is 18.5 Å². The first-order chi connectivity index (χ1) is 18.9. The molecular weight excluding hydrogens is 516 g/mol. The van der Waals surface area contributed by atoms with E-state index in [1.165, 1.54) is 7.11 Å². The average molecular weight is 543 g/mol. The molecule has 1 fully saturated rings. The van der Waals surface area contributed by atoms with Gasteiger partial charge in [-0.15, -0.1) is 0 Å². The molecule has 1 aliphatic heterocycles. The second-order valence-corrected chi connectivity index (χ2v) is 10.1. The minimum atomic E-state index is -1.02. The summed E-state index contributed by atoms with van der Waals surface area (Å²) in [7, 11) is 2.84. The maximum absolute atomic E-state index is 13.8. The predicted molar refractivity (Wildman–Crippen MR) is 147 cm³/mol. The Morgan fingerprint density at radius 1 is 0.923 bits per heavy atom. The number of anilines is 1. The van der Waals surface area contributed by atoms with Crippen molar-refractivity contribution >= 4 is 34.2 Å². The molecule has 0 spiro atoms. The summed E-state index contributed by atoms with van der Waals surface area (Å²) in [4.78, 5) is 46.1. The monoisotopic (exact) mass is 542 g/mol. The Bertz CT molecular complexity index is 1490. The van der Waals surface area contributed by atoms with E-state index >= 15 is 0 Å². The van der Waals surface area contributed by atoms with E-state index in [1.807, 2.05) is 60.7 Å². The van der Waals surface area contributed by atoms with Gasteiger partial charge in [-0.2, -0.15) is 0 Å². The number of aliphatic carboxylic acids is 1. The van der Waals surface area contributed by atoms with Crippen molar-refractivity contribution in [2.75, 3.05) is 19.1 Å². The van der Waals surface area contributed by atoms with Crippen molar-refractivity contribution in [2.24, 2.45) is 5.92 Å². The summed E-state index contributed by atoms with van der Waals surface area (Å²) in [5.74, 6) is -2.07. The molecule has 0 radical (unpaired) electrons. The highest BCUT2D eigenvalue weighted by Crippen LogP contribution is 2.47. The van der Waals surface area contributed by atoms with Crippen molar-refractivity contribution < 1.29 is 29.0 Å². The van der Waals surface area contributed by atoms with E-state index in [4.69, 9.17) is 14.5 Å². The van der Waals surface area contributed by atoms with Crippen molar-refractivity contribution in [3.05, 3.63) is 101 Å². The summed E-state index contributed by atoms with van der Waals surface area (Å²) >= 11 is 1.14. The van der Waals surface area contributed by atoms with Crippen LogP contribution in [-0.4, -0.2) is 48.1 Å². The highest BCUT2D eigenvalue weighted by molar-refractivity contribution is 7.18. The third-order valence-electron chi connectivity index (χ3n) is 6.87. The number of carbonyl (C=O) groups excluding carboxylic acids is 2. The molecule has 0 saturated carbocycles. The zero-order valence-electron chi connectivity index (χ0n) is 21.3. The van der Waals surface area contributed by atoms with Crippen LogP contribution in [0.25, 0.3) is 11.3 Å². The van der Waals surface area contributed by atoms with Gasteiger partial charge in [-0.3, -0.25) is 9.59 Å². The number of hydrogen-bond acceptors (Lipinski definition) is 8. The standard InChI is InChI=1S/C30H26N2O6S/c1-37-21-15-13-20(14-16-21)26(33)27-24(18-9-5-3-6-10-18)31-30(39-27)32-23(29(36)38-2)17-22(28(34)35)25(32)19-11-7-4-8-12-19/h3-16,22-23,25H,17H2,1-2H3,(H,34,35)/t22-,23-,25-/m0/s1. The normalized spacial score (nSPS) is 18.5. The summed E-state index contributed by atoms with van der Waals surface area (Å²) in [6.45, 7) is 0. The first-order valence-corrected chi connectivity index (χ1v) is 13.1. The van der Waals surface area contributed by atoms with Crippen LogP contribution in [0.5, 0.6) is 5.75 Å². The van der Waals surface area contributed by atoms with Gasteiger partial charge in [0.2, 0.25) is 5.78 Å². The topological polar surface area (TPSA) is 106 Å². The molecule has 3 atom stereocenters. The van der Waals surface area contributed by atoms with Crippen LogP contribution in [0.15, 0.2) is 84.9 Å². The van der Waals surface area contributed by atoms with Crippen LogP contribution in [0.4, 0.5) is 5.13 Å². The summed E-state index contributed by atoms with van der Waals surface area (Å²) < 4.78 is 10.3. The fraction of sp³-hybridized carbons (Fsp3) is 0.200. The van der Waals surface area contributed by atoms with Gasteiger partial charge in [0, 0.05) is 11.1 Å². The molecule has 9 heteroatoms. The SMILES string of the molecule is COC(=O)[C@@H]1C[C@H](C(=O)O)[C@H](c2ccccc2)N1c1nc(-c2ccccc2)c(C(=O)c2ccc(OC)cc2)s1. The van der Waals surface area contributed by atoms with E-state index in [2.05, 4.69) is 0 Å². The second kappa shape index (κ2) is 11.1. The molecule has 1 aliphatic rings. The number of nitrogens with zero attached hydrogens (tertiary/aromatic N) is 2. The largest absolute Gasteiger partial charge is 0.497 e. The Labute approximate surface area is 229 Å². The van der Waals surface area contributed by atoms with Gasteiger partial charge >= 0.3 is 11.9 Å². The Kier molecular flexibility index (Phi) is 7.42. The molecule has 0 amide bonds. The predicted octanol–water partition coefficient (Wildman–Crippen LogP) is 5.24. The molecule has 4 aromatic rings. The third-order valence-corrected chi connectivity index (χ3v) is 7.94. The number of aromatic nitrogens is 1. The summed E-state index contributed by atoms with van der Waals surface area (Å²) in [6, 6.07) is 23.7. The fourth-order valence-corrected chi connectivity index (χ4v) is 6.12. The maximum atomic E-state index is 13.8. The van der Waals surface area contributed by atoms with Crippen LogP contribution in [0.2, 0.25) is 0 Å². The first kappa shape index (κ1) is 26.1. The van der Waals surface area contributed by atoms with Crippen molar-refractivity contribution in [3.63, 3.8) is 0 Å². The molecule has 1 N–H and O–H groups in total. The maximum Gasteiger partial charge on any atom is 0.328 e. The fourth-order valence-electron chi connectivity index (χ4n) is 4.99. The van der Waals surface area contributed by atoms with Crippen molar-refractivity contribution in [1.29, 1.82) is 0 Å². The lowest BCUT2D eigenvalue weighted by Crippen LogP contribution is -2.38. The van der Waals surface area contributed by atoms with Crippen LogP contribution < -0.4 is 9.64 Å². The van der Waals surface area contributed by atoms with Crippen LogP contribution in [0, 0.1) is 5.92 Å². The third kappa shape index (κ3) is 5.00. The van der Waals surface area contributed by atoms with Gasteiger partial charge in [0.15, 0.2) is 5.13 Å². The van der Waals surface area contributed by atoms with Crippen LogP contribution >= 0.6 is 11.3 Å². The van der Waals surface area contributed by atoms with Gasteiger partial charge < -0.3 is 19.5 Å². The van der Waals surface area contributed by atoms with Gasteiger partial charge in [0.25, 0.3) is 0 Å². The number of hydrogen-bond donors (Lipinski definition) is 1. The molecule has 1 saturated heterocycles. The van der Waals surface area contributed by atoms with Gasteiger partial charge in [0.05, 0.1) is 31.9 Å². The number of thiazole rings is 1. The quantitative estimate of drug-likeness (QED) is 0.238. The number of methoxy groups -OCH3 is 2. The smallest absolute Gasteiger partial charge is 0.328 e. The average Bonchev–Trinajstić information content (AvgIpc) is 3.60. The number of carboxylic acids is 1. The van der Waals surface area contributed by atoms with Crippen LogP contribution in [0.3, 0.4) is 0 Å². The van der Waals surface area contributed by atoms with Crippen LogP contribution in [-0.2, 0) is 14.3 Å². The number of benzene rings is 3. The van der Waals surface area contributed by atoms with Crippen LogP contribution in [0.1, 0.15) is 33.3 Å². The molecule has 198 valence electrons. The Balaban J connectivity index is 1.68. The number of ketones is 1. The zero-order valence-corrected chi connectivity index (χ0v) is 22.1. The highest BCUT2D eigenvalue weighted by Gasteiger charge is 2.50. The number of rotatable bonds is 8. The van der Waals surface area contributed by atoms with E-state index in [9.17, 15) is 19.5 Å². The second-order valence-electron chi connectivity index (χ2n) is 9.08. The molecular formula is C30H26N2O6S. The minimum Gasteiger partial charge on any atom is -0.497 e. The summed E-state index contributed by atoms with van der Waals surface area (Å²) in [5.41, 5.74) is 2.38.